The van der Waals surface area contributed by atoms with Gasteiger partial charge in [-0.05, 0) is 0 Å². The van der Waals surface area contributed by atoms with E-state index < -0.39 is 0 Å². The molecule has 0 spiro atoms. The van der Waals surface area contributed by atoms with Crippen LogP contribution in [0.5, 0.6) is 0 Å². The van der Waals surface area contributed by atoms with E-state index in [1.54, 1.807) is 0 Å². The van der Waals surface area contributed by atoms with Crippen molar-refractivity contribution in [2.24, 2.45) is 0 Å². The maximum absolute atomic E-state index is 0. The van der Waals surface area contributed by atoms with Crippen LogP contribution in [0.1, 0.15) is 0 Å². The van der Waals surface area contributed by atoms with Crippen LogP contribution >= 0.6 is 0 Å². The van der Waals surface area contributed by atoms with Gasteiger partial charge in [-0.25, -0.2) is 0 Å². The van der Waals surface area contributed by atoms with Gasteiger partial charge in [0.25, 0.3) is 0 Å². The van der Waals surface area contributed by atoms with Crippen molar-refractivity contribution in [3.63, 3.8) is 0 Å². The van der Waals surface area contributed by atoms with Crippen LogP contribution in [0.15, 0.2) is 0 Å². The first-order valence-electron chi connectivity index (χ1n) is 0. The quantitative estimate of drug-likeness (QED) is 0.212. The minimum absolute atomic E-state index is 0. The number of hydrogen-bond donors (Lipinski definition) is 0. The van der Waals surface area contributed by atoms with Crippen LogP contribution in [0.25, 0.3) is 0 Å². The SMILES string of the molecule is [Ca+2].[Ca+2].[Ca+2].[Ca+2].[Ca+2].[Ca+2].[Ca+2].[Ca+2].[Ca+2].[Ca+2].[Ca+2].[Ca+2].[Ca+2].[Ca+2].[Ca+2].[Ca+2].[Ca+2].[Ca+2].[Ca+2].[Ca+2].[Cl-].[Cl-].[Cl-].[Cl-].[Cl-].[Cl-].[Cl-].[Cl-].[Cl-].[Cl-].[Cl-].[Cl-].[Cl-].[Cl-].[Cl-].[Cl-].[Cl-].[Cl-].[Cl-].[Cl-].[Cl-].[Cl-].[Cl-].[Cl-].[Cl-].[Cl-].[Cl-].[Cl-].[Cl-].[Cl-].[Cl-].[Cl-].[Cl-].[Cl-].[Cl-].[Cl-].[Cl-].[Cl-].[Cl-].[Cl-]. The van der Waals surface area contributed by atoms with E-state index in [9.17, 15) is 0 Å². The second-order valence-corrected chi connectivity index (χ2v) is 0. The van der Waals surface area contributed by atoms with Gasteiger partial charge in [0.2, 0.25) is 0 Å². The van der Waals surface area contributed by atoms with Crippen molar-refractivity contribution >= 4 is 755 Å². The van der Waals surface area contributed by atoms with Crippen molar-refractivity contribution in [1.82, 2.24) is 0 Å². The number of rotatable bonds is 0. The van der Waals surface area contributed by atoms with Crippen LogP contribution in [0.2, 0.25) is 0 Å². The number of halogens is 40. The third-order valence-electron chi connectivity index (χ3n) is 0. The molecular formula is Ca20Cl40. The van der Waals surface area contributed by atoms with E-state index in [2.05, 4.69) is 0 Å². The van der Waals surface area contributed by atoms with Gasteiger partial charge in [0.1, 0.15) is 0 Å². The molecule has 0 nitrogen and oxygen atoms in total. The van der Waals surface area contributed by atoms with Crippen LogP contribution in [0.4, 0.5) is 0 Å². The molecule has 60 heteroatoms. The smallest absolute Gasteiger partial charge is 1.00 e. The average molecular weight is 2220 g/mol. The summed E-state index contributed by atoms with van der Waals surface area (Å²) >= 11 is 0. The summed E-state index contributed by atoms with van der Waals surface area (Å²) in [6.07, 6.45) is 0. The first kappa shape index (κ1) is 656. The van der Waals surface area contributed by atoms with Gasteiger partial charge in [-0.3, -0.25) is 0 Å². The Labute approximate surface area is 1210 Å². The third kappa shape index (κ3) is 616. The molecule has 0 heterocycles. The van der Waals surface area contributed by atoms with Crippen LogP contribution in [-0.4, -0.2) is 755 Å². The fourth-order valence-electron chi connectivity index (χ4n) is 0. The molecule has 60 heavy (non-hydrogen) atoms. The average Bonchev–Trinajstić information content (AvgIpc) is 0. The second-order valence-electron chi connectivity index (χ2n) is 0. The van der Waals surface area contributed by atoms with Gasteiger partial charge in [0.15, 0.2) is 0 Å². The van der Waals surface area contributed by atoms with Crippen LogP contribution in [0.3, 0.4) is 0 Å². The van der Waals surface area contributed by atoms with E-state index >= 15 is 0 Å². The van der Waals surface area contributed by atoms with E-state index in [-0.39, 0.29) is 1250 Å². The Balaban J connectivity index is 0. The molecule has 0 aliphatic heterocycles. The largest absolute Gasteiger partial charge is 2.00 e. The Hall–Kier alpha value is 36.8. The van der Waals surface area contributed by atoms with Gasteiger partial charge in [0, 0.05) is 0 Å². The predicted octanol–water partition coefficient (Wildman–Crippen LogP) is -127. The summed E-state index contributed by atoms with van der Waals surface area (Å²) in [6, 6.07) is 0. The molecule has 0 saturated heterocycles. The van der Waals surface area contributed by atoms with E-state index in [0.717, 1.165) is 0 Å². The maximum Gasteiger partial charge on any atom is 2.00 e. The Morgan fingerprint density at radius 3 is 0.0333 bits per heavy atom. The second kappa shape index (κ2) is 636. The molecule has 0 fully saturated rings. The first-order chi connectivity index (χ1) is 0. The molecule has 0 N–H and O–H groups in total. The Morgan fingerprint density at radius 1 is 0.0333 bits per heavy atom. The monoisotopic (exact) mass is 2200 g/mol. The minimum atomic E-state index is 0. The van der Waals surface area contributed by atoms with E-state index in [1.165, 1.54) is 0 Å². The summed E-state index contributed by atoms with van der Waals surface area (Å²) in [5.41, 5.74) is 0. The van der Waals surface area contributed by atoms with Gasteiger partial charge in [0.05, 0.1) is 0 Å². The first-order valence-corrected chi connectivity index (χ1v) is 0. The van der Waals surface area contributed by atoms with Crippen molar-refractivity contribution in [1.29, 1.82) is 0 Å². The fraction of sp³-hybridized carbons (Fsp3) is 0. The summed E-state index contributed by atoms with van der Waals surface area (Å²) in [7, 11) is 0. The fourth-order valence-corrected chi connectivity index (χ4v) is 0. The molecule has 0 bridgehead atoms. The molecule has 0 aliphatic carbocycles. The normalized spacial score (nSPS) is 0. The van der Waals surface area contributed by atoms with Crippen molar-refractivity contribution in [3.8, 4) is 0 Å². The van der Waals surface area contributed by atoms with Crippen molar-refractivity contribution in [2.45, 2.75) is 0 Å². The van der Waals surface area contributed by atoms with Crippen LogP contribution < -0.4 is 496 Å². The third-order valence-corrected chi connectivity index (χ3v) is 0. The topological polar surface area (TPSA) is 0 Å². The molecule has 0 radical (unpaired) electrons. The van der Waals surface area contributed by atoms with Gasteiger partial charge in [-0.2, -0.15) is 0 Å². The molecule has 0 aromatic carbocycles. The zero-order valence-corrected chi connectivity index (χ0v) is 104. The summed E-state index contributed by atoms with van der Waals surface area (Å²) in [5, 5.41) is 0. The summed E-state index contributed by atoms with van der Waals surface area (Å²) in [4.78, 5) is 0. The standard InChI is InChI=1S/20Ca.40ClH/h;;;;;;;;;;;;;;;;;;;;40*1H/q20*+2;;;;;;;;;;;;;;;;;;;;;;;;;;;;;;;;;;;;;;;;/p-40. The molecular weight excluding hydrogens is 2220 g/mol. The van der Waals surface area contributed by atoms with Gasteiger partial charge < -0.3 is 496 Å². The predicted molar refractivity (Wildman–Crippen MR) is 115 cm³/mol. The van der Waals surface area contributed by atoms with Gasteiger partial charge in [-0.1, -0.05) is 0 Å². The van der Waals surface area contributed by atoms with Gasteiger partial charge >= 0.3 is 755 Å². The van der Waals surface area contributed by atoms with E-state index in [1.807, 2.05) is 0 Å². The van der Waals surface area contributed by atoms with E-state index in [0.29, 0.717) is 0 Å². The van der Waals surface area contributed by atoms with Crippen molar-refractivity contribution in [3.05, 3.63) is 0 Å². The van der Waals surface area contributed by atoms with Crippen LogP contribution in [-0.2, 0) is 0 Å². The Kier molecular flexibility index (Phi) is 6950. The molecule has 0 atom stereocenters. The molecule has 0 aliphatic rings. The zero-order valence-electron chi connectivity index (χ0n) is 29.3. The van der Waals surface area contributed by atoms with Crippen molar-refractivity contribution in [2.75, 3.05) is 0 Å². The Bertz CT molecular complexity index is 55.1. The number of hydrogen-bond acceptors (Lipinski definition) is 0. The van der Waals surface area contributed by atoms with Crippen molar-refractivity contribution < 1.29 is 496 Å². The molecule has 0 rings (SSSR count). The maximum atomic E-state index is 0. The Morgan fingerprint density at radius 2 is 0.0333 bits per heavy atom. The van der Waals surface area contributed by atoms with Gasteiger partial charge in [-0.15, -0.1) is 0 Å². The molecule has 0 saturated carbocycles. The minimum Gasteiger partial charge on any atom is -1.00 e. The zero-order chi connectivity index (χ0) is 0. The van der Waals surface area contributed by atoms with E-state index in [4.69, 9.17) is 0 Å². The summed E-state index contributed by atoms with van der Waals surface area (Å²) < 4.78 is 0. The summed E-state index contributed by atoms with van der Waals surface area (Å²) in [6.45, 7) is 0. The summed E-state index contributed by atoms with van der Waals surface area (Å²) in [5.74, 6) is 0. The molecule has 0 aromatic heterocycles. The van der Waals surface area contributed by atoms with Crippen LogP contribution in [0, 0.1) is 0 Å². The molecule has 0 aromatic rings. The molecule has 0 amide bonds. The molecule has 320 valence electrons. The molecule has 0 unspecified atom stereocenters.